The Morgan fingerprint density at radius 3 is 2.82 bits per heavy atom. The lowest BCUT2D eigenvalue weighted by Crippen LogP contribution is -1.91. The van der Waals surface area contributed by atoms with Crippen molar-refractivity contribution < 1.29 is 0 Å². The molecule has 1 aromatic rings. The quantitative estimate of drug-likeness (QED) is 0.655. The van der Waals surface area contributed by atoms with Crippen LogP contribution in [-0.4, -0.2) is 0 Å². The van der Waals surface area contributed by atoms with E-state index in [2.05, 4.69) is 61.6 Å². The van der Waals surface area contributed by atoms with Crippen molar-refractivity contribution in [3.63, 3.8) is 0 Å². The van der Waals surface area contributed by atoms with Gasteiger partial charge < -0.3 is 0 Å². The molecule has 1 saturated carbocycles. The normalized spacial score (nSPS) is 28.6. The van der Waals surface area contributed by atoms with Crippen molar-refractivity contribution in [3.05, 3.63) is 65.3 Å². The summed E-state index contributed by atoms with van der Waals surface area (Å²) in [6.45, 7) is 2.19. The van der Waals surface area contributed by atoms with Crippen molar-refractivity contribution in [2.24, 2.45) is 11.8 Å². The van der Waals surface area contributed by atoms with Crippen LogP contribution >= 0.6 is 0 Å². The lowest BCUT2D eigenvalue weighted by molar-refractivity contribution is 0.651. The molecule has 3 rings (SSSR count). The van der Waals surface area contributed by atoms with Gasteiger partial charge in [0.1, 0.15) is 0 Å². The van der Waals surface area contributed by atoms with Gasteiger partial charge in [-0.05, 0) is 42.7 Å². The van der Waals surface area contributed by atoms with Crippen LogP contribution in [-0.2, 0) is 0 Å². The van der Waals surface area contributed by atoms with E-state index in [-0.39, 0.29) is 0 Å². The van der Waals surface area contributed by atoms with E-state index in [4.69, 9.17) is 0 Å². The first-order valence-electron chi connectivity index (χ1n) is 6.44. The van der Waals surface area contributed by atoms with Crippen LogP contribution in [0.25, 0.3) is 6.08 Å². The van der Waals surface area contributed by atoms with Crippen molar-refractivity contribution in [1.82, 2.24) is 0 Å². The lowest BCUT2D eigenvalue weighted by Gasteiger charge is -2.07. The highest BCUT2D eigenvalue weighted by atomic mass is 14.3. The molecule has 0 aliphatic heterocycles. The highest BCUT2D eigenvalue weighted by molar-refractivity contribution is 5.58. The second-order valence-corrected chi connectivity index (χ2v) is 5.15. The lowest BCUT2D eigenvalue weighted by atomic mass is 9.98. The van der Waals surface area contributed by atoms with Crippen molar-refractivity contribution in [1.29, 1.82) is 0 Å². The van der Waals surface area contributed by atoms with Gasteiger partial charge in [0.05, 0.1) is 0 Å². The first kappa shape index (κ1) is 10.6. The Morgan fingerprint density at radius 2 is 1.94 bits per heavy atom. The van der Waals surface area contributed by atoms with Crippen LogP contribution in [0.5, 0.6) is 0 Å². The summed E-state index contributed by atoms with van der Waals surface area (Å²) in [5, 5.41) is 0. The van der Waals surface area contributed by atoms with E-state index in [9.17, 15) is 0 Å². The van der Waals surface area contributed by atoms with Crippen LogP contribution in [0.15, 0.2) is 54.1 Å². The molecule has 0 aromatic heterocycles. The van der Waals surface area contributed by atoms with Crippen LogP contribution in [0.2, 0.25) is 0 Å². The van der Waals surface area contributed by atoms with Crippen molar-refractivity contribution >= 4 is 6.08 Å². The van der Waals surface area contributed by atoms with Gasteiger partial charge in [-0.1, -0.05) is 60.2 Å². The summed E-state index contributed by atoms with van der Waals surface area (Å²) < 4.78 is 0. The first-order valence-corrected chi connectivity index (χ1v) is 6.44. The Labute approximate surface area is 103 Å². The predicted octanol–water partition coefficient (Wildman–Crippen LogP) is 4.53. The number of hydrogen-bond donors (Lipinski definition) is 0. The maximum Gasteiger partial charge on any atom is -0.00109 e. The van der Waals surface area contributed by atoms with Crippen LogP contribution in [0.3, 0.4) is 0 Å². The van der Waals surface area contributed by atoms with Crippen LogP contribution in [0, 0.1) is 18.8 Å². The summed E-state index contributed by atoms with van der Waals surface area (Å²) in [7, 11) is 0. The molecule has 2 aliphatic carbocycles. The third kappa shape index (κ3) is 2.12. The fraction of sp³-hybridized carbons (Fsp3) is 0.294. The van der Waals surface area contributed by atoms with Crippen LogP contribution in [0.1, 0.15) is 24.0 Å². The summed E-state index contributed by atoms with van der Waals surface area (Å²) in [6, 6.07) is 8.65. The molecule has 2 aliphatic rings. The van der Waals surface area contributed by atoms with E-state index < -0.39 is 0 Å². The number of rotatable bonds is 1. The minimum Gasteiger partial charge on any atom is -0.0811 e. The monoisotopic (exact) mass is 222 g/mol. The molecule has 86 valence electrons. The summed E-state index contributed by atoms with van der Waals surface area (Å²) in [5.74, 6) is 1.42. The van der Waals surface area contributed by atoms with E-state index in [1.54, 1.807) is 5.57 Å². The maximum atomic E-state index is 2.41. The molecule has 0 N–H and O–H groups in total. The van der Waals surface area contributed by atoms with Gasteiger partial charge in [-0.25, -0.2) is 0 Å². The van der Waals surface area contributed by atoms with Gasteiger partial charge in [0.2, 0.25) is 0 Å². The molecule has 2 atom stereocenters. The number of aryl methyl sites for hydroxylation is 1. The maximum absolute atomic E-state index is 2.41. The molecule has 0 spiro atoms. The predicted molar refractivity (Wildman–Crippen MR) is 73.7 cm³/mol. The Bertz CT molecular complexity index is 503. The zero-order valence-electron chi connectivity index (χ0n) is 10.3. The standard InChI is InChI=1S/C17H18/c1-13-6-2-4-8-15(13)12-17-11-14-7-3-5-9-16(17)10-14/h2-9,12,14,16H,10-11H2,1H3/b17-12+/t14-,16+/m1/s1. The van der Waals surface area contributed by atoms with Crippen molar-refractivity contribution in [3.8, 4) is 0 Å². The Morgan fingerprint density at radius 1 is 1.12 bits per heavy atom. The van der Waals surface area contributed by atoms with E-state index >= 15 is 0 Å². The average Bonchev–Trinajstić information content (AvgIpc) is 2.54. The molecule has 0 nitrogen and oxygen atoms in total. The van der Waals surface area contributed by atoms with Gasteiger partial charge in [0, 0.05) is 0 Å². The van der Waals surface area contributed by atoms with E-state index in [0.29, 0.717) is 5.92 Å². The summed E-state index contributed by atoms with van der Waals surface area (Å²) in [5.41, 5.74) is 4.36. The SMILES string of the molecule is Cc1ccccc1/C=C1\C[C@@H]2C=CC=C[C@H]1C2. The smallest absolute Gasteiger partial charge is 0.00109 e. The number of fused-ring (bicyclic) bond motifs is 2. The molecule has 0 heteroatoms. The van der Waals surface area contributed by atoms with Gasteiger partial charge in [-0.15, -0.1) is 0 Å². The fourth-order valence-electron chi connectivity index (χ4n) is 2.90. The number of allylic oxidation sites excluding steroid dienone is 5. The van der Waals surface area contributed by atoms with Gasteiger partial charge in [-0.3, -0.25) is 0 Å². The zero-order chi connectivity index (χ0) is 11.7. The fourth-order valence-corrected chi connectivity index (χ4v) is 2.90. The molecule has 1 fully saturated rings. The molecule has 0 saturated heterocycles. The summed E-state index contributed by atoms with van der Waals surface area (Å²) >= 11 is 0. The highest BCUT2D eigenvalue weighted by Gasteiger charge is 2.26. The van der Waals surface area contributed by atoms with Gasteiger partial charge in [0.25, 0.3) is 0 Å². The second kappa shape index (κ2) is 4.37. The number of hydrogen-bond acceptors (Lipinski definition) is 0. The third-order valence-corrected chi connectivity index (χ3v) is 3.90. The molecular formula is C17H18. The second-order valence-electron chi connectivity index (χ2n) is 5.15. The van der Waals surface area contributed by atoms with Crippen molar-refractivity contribution in [2.75, 3.05) is 0 Å². The molecule has 2 bridgehead atoms. The topological polar surface area (TPSA) is 0 Å². The Hall–Kier alpha value is -1.56. The van der Waals surface area contributed by atoms with E-state index in [1.807, 2.05) is 0 Å². The molecule has 0 unspecified atom stereocenters. The molecule has 17 heavy (non-hydrogen) atoms. The van der Waals surface area contributed by atoms with Crippen molar-refractivity contribution in [2.45, 2.75) is 19.8 Å². The van der Waals surface area contributed by atoms with E-state index in [0.717, 1.165) is 5.92 Å². The van der Waals surface area contributed by atoms with Gasteiger partial charge in [0.15, 0.2) is 0 Å². The average molecular weight is 222 g/mol. The minimum absolute atomic E-state index is 0.662. The summed E-state index contributed by atoms with van der Waals surface area (Å²) in [4.78, 5) is 0. The largest absolute Gasteiger partial charge is 0.0811 e. The molecule has 0 amide bonds. The van der Waals surface area contributed by atoms with E-state index in [1.165, 1.54) is 24.0 Å². The Kier molecular flexibility index (Phi) is 2.72. The molecular weight excluding hydrogens is 204 g/mol. The zero-order valence-corrected chi connectivity index (χ0v) is 10.3. The van der Waals surface area contributed by atoms with Crippen LogP contribution in [0.4, 0.5) is 0 Å². The molecule has 0 heterocycles. The first-order chi connectivity index (χ1) is 8.33. The summed E-state index contributed by atoms with van der Waals surface area (Å²) in [6.07, 6.45) is 14.1. The van der Waals surface area contributed by atoms with Gasteiger partial charge >= 0.3 is 0 Å². The molecule has 0 radical (unpaired) electrons. The number of benzene rings is 1. The highest BCUT2D eigenvalue weighted by Crippen LogP contribution is 2.40. The molecule has 1 aromatic carbocycles. The minimum atomic E-state index is 0.662. The van der Waals surface area contributed by atoms with Gasteiger partial charge in [-0.2, -0.15) is 0 Å². The van der Waals surface area contributed by atoms with Crippen LogP contribution < -0.4 is 0 Å². The Balaban J connectivity index is 1.93. The third-order valence-electron chi connectivity index (χ3n) is 3.90.